The lowest BCUT2D eigenvalue weighted by Gasteiger charge is -2.14. The van der Waals surface area contributed by atoms with Crippen LogP contribution in [0, 0.1) is 6.92 Å². The number of amides is 1. The van der Waals surface area contributed by atoms with E-state index in [2.05, 4.69) is 5.16 Å². The van der Waals surface area contributed by atoms with Crippen LogP contribution in [0.1, 0.15) is 18.1 Å². The average Bonchev–Trinajstić information content (AvgIpc) is 2.35. The number of oxime groups is 1. The molecule has 0 aliphatic heterocycles. The number of carbonyl (C=O) groups is 1. The molecule has 98 valence electrons. The van der Waals surface area contributed by atoms with Crippen LogP contribution in [-0.2, 0) is 4.79 Å². The van der Waals surface area contributed by atoms with Crippen molar-refractivity contribution < 1.29 is 14.7 Å². The van der Waals surface area contributed by atoms with Crippen molar-refractivity contribution in [1.82, 2.24) is 4.90 Å². The molecular formula is C13H18N2O3. The summed E-state index contributed by atoms with van der Waals surface area (Å²) in [5.74, 6) is 0.409. The third kappa shape index (κ3) is 3.48. The summed E-state index contributed by atoms with van der Waals surface area (Å²) in [5, 5.41) is 12.0. The summed E-state index contributed by atoms with van der Waals surface area (Å²) in [4.78, 5) is 12.9. The van der Waals surface area contributed by atoms with E-state index < -0.39 is 0 Å². The van der Waals surface area contributed by atoms with Crippen LogP contribution in [0.5, 0.6) is 5.75 Å². The number of rotatable bonds is 4. The first kappa shape index (κ1) is 14.0. The molecule has 0 aromatic heterocycles. The minimum Gasteiger partial charge on any atom is -0.483 e. The first-order valence-electron chi connectivity index (χ1n) is 5.58. The number of likely N-dealkylation sites (N-methyl/N-ethyl adjacent to an activating group) is 1. The molecule has 5 nitrogen and oxygen atoms in total. The van der Waals surface area contributed by atoms with E-state index in [9.17, 15) is 4.79 Å². The Hall–Kier alpha value is -2.04. The first-order chi connectivity index (χ1) is 8.45. The Morgan fingerprint density at radius 1 is 1.44 bits per heavy atom. The first-order valence-corrected chi connectivity index (χ1v) is 5.58. The maximum atomic E-state index is 11.5. The van der Waals surface area contributed by atoms with E-state index in [1.54, 1.807) is 27.1 Å². The van der Waals surface area contributed by atoms with Gasteiger partial charge in [-0.2, -0.15) is 0 Å². The van der Waals surface area contributed by atoms with Gasteiger partial charge in [0.2, 0.25) is 0 Å². The summed E-state index contributed by atoms with van der Waals surface area (Å²) >= 11 is 0. The topological polar surface area (TPSA) is 62.1 Å². The summed E-state index contributed by atoms with van der Waals surface area (Å²) < 4.78 is 5.46. The number of nitrogens with zero attached hydrogens (tertiary/aromatic N) is 2. The molecule has 0 aliphatic carbocycles. The van der Waals surface area contributed by atoms with Crippen molar-refractivity contribution in [2.75, 3.05) is 20.7 Å². The molecule has 1 amide bonds. The highest BCUT2D eigenvalue weighted by Gasteiger charge is 2.10. The molecule has 0 aliphatic rings. The molecule has 1 rings (SSSR count). The van der Waals surface area contributed by atoms with E-state index in [-0.39, 0.29) is 12.5 Å². The van der Waals surface area contributed by atoms with Gasteiger partial charge in [-0.25, -0.2) is 0 Å². The van der Waals surface area contributed by atoms with Gasteiger partial charge >= 0.3 is 0 Å². The third-order valence-electron chi connectivity index (χ3n) is 2.52. The fourth-order valence-electron chi connectivity index (χ4n) is 1.37. The van der Waals surface area contributed by atoms with Crippen molar-refractivity contribution in [3.8, 4) is 5.75 Å². The fourth-order valence-corrected chi connectivity index (χ4v) is 1.37. The van der Waals surface area contributed by atoms with E-state index in [0.717, 1.165) is 5.56 Å². The summed E-state index contributed by atoms with van der Waals surface area (Å²) in [7, 11) is 3.34. The van der Waals surface area contributed by atoms with Crippen LogP contribution in [0.3, 0.4) is 0 Å². The zero-order valence-corrected chi connectivity index (χ0v) is 11.1. The van der Waals surface area contributed by atoms with Crippen molar-refractivity contribution in [3.63, 3.8) is 0 Å². The Morgan fingerprint density at radius 2 is 2.11 bits per heavy atom. The van der Waals surface area contributed by atoms with E-state index in [1.165, 1.54) is 4.90 Å². The van der Waals surface area contributed by atoms with Crippen LogP contribution >= 0.6 is 0 Å². The van der Waals surface area contributed by atoms with Gasteiger partial charge < -0.3 is 14.8 Å². The molecule has 1 aromatic carbocycles. The molecule has 1 N–H and O–H groups in total. The normalized spacial score (nSPS) is 11.2. The number of ether oxygens (including phenoxy) is 1. The largest absolute Gasteiger partial charge is 0.483 e. The molecule has 0 fully saturated rings. The Labute approximate surface area is 107 Å². The standard InChI is InChI=1S/C13H18N2O3/c1-9-5-6-12(11(7-9)10(2)14-17)18-8-13(16)15(3)4/h5-7,17H,8H2,1-4H3/b14-10+. The van der Waals surface area contributed by atoms with Gasteiger partial charge in [0.15, 0.2) is 6.61 Å². The van der Waals surface area contributed by atoms with Crippen LogP contribution in [0.15, 0.2) is 23.4 Å². The minimum absolute atomic E-state index is 0.0399. The quantitative estimate of drug-likeness (QED) is 0.502. The highest BCUT2D eigenvalue weighted by atomic mass is 16.5. The van der Waals surface area contributed by atoms with E-state index >= 15 is 0 Å². The molecule has 18 heavy (non-hydrogen) atoms. The van der Waals surface area contributed by atoms with E-state index in [1.807, 2.05) is 19.1 Å². The molecule has 0 atom stereocenters. The van der Waals surface area contributed by atoms with Gasteiger partial charge in [-0.15, -0.1) is 0 Å². The predicted molar refractivity (Wildman–Crippen MR) is 69.4 cm³/mol. The van der Waals surface area contributed by atoms with Gasteiger partial charge in [0.1, 0.15) is 5.75 Å². The van der Waals surface area contributed by atoms with Crippen LogP contribution in [0.4, 0.5) is 0 Å². The molecule has 0 unspecified atom stereocenters. The molecular weight excluding hydrogens is 232 g/mol. The van der Waals surface area contributed by atoms with Crippen molar-refractivity contribution >= 4 is 11.6 Å². The van der Waals surface area contributed by atoms with Gasteiger partial charge in [-0.1, -0.05) is 16.8 Å². The van der Waals surface area contributed by atoms with Crippen molar-refractivity contribution in [3.05, 3.63) is 29.3 Å². The van der Waals surface area contributed by atoms with Gasteiger partial charge in [-0.3, -0.25) is 4.79 Å². The second-order valence-electron chi connectivity index (χ2n) is 4.26. The third-order valence-corrected chi connectivity index (χ3v) is 2.52. The second-order valence-corrected chi connectivity index (χ2v) is 4.26. The Kier molecular flexibility index (Phi) is 4.71. The average molecular weight is 250 g/mol. The second kappa shape index (κ2) is 6.05. The lowest BCUT2D eigenvalue weighted by atomic mass is 10.1. The number of carbonyl (C=O) groups excluding carboxylic acids is 1. The smallest absolute Gasteiger partial charge is 0.259 e. The van der Waals surface area contributed by atoms with Crippen LogP contribution in [0.2, 0.25) is 0 Å². The van der Waals surface area contributed by atoms with Gasteiger partial charge in [0.25, 0.3) is 5.91 Å². The minimum atomic E-state index is -0.125. The van der Waals surface area contributed by atoms with Crippen molar-refractivity contribution in [2.45, 2.75) is 13.8 Å². The monoisotopic (exact) mass is 250 g/mol. The van der Waals surface area contributed by atoms with Gasteiger partial charge in [0.05, 0.1) is 5.71 Å². The number of hydrogen-bond acceptors (Lipinski definition) is 4. The maximum Gasteiger partial charge on any atom is 0.259 e. The SMILES string of the molecule is C/C(=N\O)c1cc(C)ccc1OCC(=O)N(C)C. The summed E-state index contributed by atoms with van der Waals surface area (Å²) in [6.45, 7) is 3.57. The molecule has 0 saturated carbocycles. The molecule has 0 radical (unpaired) electrons. The Bertz CT molecular complexity index is 467. The van der Waals surface area contributed by atoms with Crippen molar-refractivity contribution in [1.29, 1.82) is 0 Å². The number of hydrogen-bond donors (Lipinski definition) is 1. The Balaban J connectivity index is 2.92. The highest BCUT2D eigenvalue weighted by Crippen LogP contribution is 2.21. The molecule has 1 aromatic rings. The lowest BCUT2D eigenvalue weighted by molar-refractivity contribution is -0.130. The zero-order valence-electron chi connectivity index (χ0n) is 11.1. The van der Waals surface area contributed by atoms with Crippen LogP contribution in [-0.4, -0.2) is 42.4 Å². The number of benzene rings is 1. The van der Waals surface area contributed by atoms with Crippen LogP contribution < -0.4 is 4.74 Å². The summed E-state index contributed by atoms with van der Waals surface area (Å²) in [6.07, 6.45) is 0. The fraction of sp³-hybridized carbons (Fsp3) is 0.385. The van der Waals surface area contributed by atoms with Gasteiger partial charge in [0, 0.05) is 19.7 Å². The Morgan fingerprint density at radius 3 is 2.67 bits per heavy atom. The molecule has 0 spiro atoms. The van der Waals surface area contributed by atoms with Crippen molar-refractivity contribution in [2.24, 2.45) is 5.16 Å². The van der Waals surface area contributed by atoms with E-state index in [4.69, 9.17) is 9.94 Å². The zero-order chi connectivity index (χ0) is 13.7. The molecule has 0 saturated heterocycles. The number of aryl methyl sites for hydroxylation is 1. The van der Waals surface area contributed by atoms with Gasteiger partial charge in [-0.05, 0) is 26.0 Å². The maximum absolute atomic E-state index is 11.5. The highest BCUT2D eigenvalue weighted by molar-refractivity contribution is 6.01. The summed E-state index contributed by atoms with van der Waals surface area (Å²) in [5.41, 5.74) is 2.16. The van der Waals surface area contributed by atoms with E-state index in [0.29, 0.717) is 17.0 Å². The lowest BCUT2D eigenvalue weighted by Crippen LogP contribution is -2.27. The van der Waals surface area contributed by atoms with Crippen LogP contribution in [0.25, 0.3) is 0 Å². The predicted octanol–water partition coefficient (Wildman–Crippen LogP) is 1.66. The molecule has 0 heterocycles. The summed E-state index contributed by atoms with van der Waals surface area (Å²) in [6, 6.07) is 5.50. The molecule has 5 heteroatoms. The molecule has 0 bridgehead atoms.